The second-order valence-electron chi connectivity index (χ2n) is 5.65. The normalized spacial score (nSPS) is 10.8. The lowest BCUT2D eigenvalue weighted by Gasteiger charge is -2.19. The number of para-hydroxylation sites is 2. The highest BCUT2D eigenvalue weighted by Crippen LogP contribution is 2.49. The summed E-state index contributed by atoms with van der Waals surface area (Å²) < 4.78 is 30.0. The third-order valence-corrected chi connectivity index (χ3v) is 4.79. The Morgan fingerprint density at radius 1 is 0.692 bits per heavy atom. The largest absolute Gasteiger partial charge is 0.647 e. The molecule has 3 aromatic rings. The van der Waals surface area contributed by atoms with Crippen LogP contribution in [0.15, 0.2) is 91.5 Å². The van der Waals surface area contributed by atoms with Gasteiger partial charge in [0.25, 0.3) is 0 Å². The highest BCUT2D eigenvalue weighted by Gasteiger charge is 2.33. The van der Waals surface area contributed by atoms with Gasteiger partial charge in [-0.25, -0.2) is 0 Å². The maximum Gasteiger partial charge on any atom is 0.647 e. The van der Waals surface area contributed by atoms with E-state index >= 15 is 0 Å². The molecule has 0 radical (unpaired) electrons. The van der Waals surface area contributed by atoms with Gasteiger partial charge in [0.15, 0.2) is 0 Å². The highest BCUT2D eigenvalue weighted by molar-refractivity contribution is 7.49. The van der Waals surface area contributed by atoms with Crippen LogP contribution in [0.1, 0.15) is 12.5 Å². The van der Waals surface area contributed by atoms with Crippen molar-refractivity contribution in [1.29, 1.82) is 0 Å². The van der Waals surface area contributed by atoms with Gasteiger partial charge in [0.1, 0.15) is 17.2 Å². The summed E-state index contributed by atoms with van der Waals surface area (Å²) in [5.74, 6) is 1.17. The minimum Gasteiger partial charge on any atom is -0.386 e. The molecule has 0 aliphatic heterocycles. The maximum atomic E-state index is 13.3. The summed E-state index contributed by atoms with van der Waals surface area (Å²) in [6.45, 7) is 5.81. The minimum absolute atomic E-state index is 0.380. The first-order valence-corrected chi connectivity index (χ1v) is 9.55. The fourth-order valence-electron chi connectivity index (χ4n) is 2.21. The molecule has 0 aliphatic carbocycles. The highest BCUT2D eigenvalue weighted by atomic mass is 31.2. The molecule has 0 fully saturated rings. The molecule has 0 heterocycles. The topological polar surface area (TPSA) is 44.8 Å². The summed E-state index contributed by atoms with van der Waals surface area (Å²) in [6, 6.07) is 24.7. The Morgan fingerprint density at radius 3 is 1.46 bits per heavy atom. The molecule has 0 aromatic heterocycles. The van der Waals surface area contributed by atoms with E-state index in [2.05, 4.69) is 6.58 Å². The van der Waals surface area contributed by atoms with E-state index in [-0.39, 0.29) is 0 Å². The van der Waals surface area contributed by atoms with Crippen molar-refractivity contribution in [2.45, 2.75) is 6.92 Å². The number of hydrogen-bond donors (Lipinski definition) is 0. The number of phosphoric acid groups is 1. The van der Waals surface area contributed by atoms with Gasteiger partial charge in [-0.3, -0.25) is 0 Å². The van der Waals surface area contributed by atoms with Crippen LogP contribution in [0.2, 0.25) is 0 Å². The zero-order valence-corrected chi connectivity index (χ0v) is 15.3. The third-order valence-electron chi connectivity index (χ3n) is 3.49. The van der Waals surface area contributed by atoms with Crippen LogP contribution in [-0.4, -0.2) is 0 Å². The first kappa shape index (κ1) is 17.8. The van der Waals surface area contributed by atoms with Crippen LogP contribution in [0.5, 0.6) is 17.2 Å². The van der Waals surface area contributed by atoms with Crippen molar-refractivity contribution in [3.8, 4) is 17.2 Å². The second kappa shape index (κ2) is 7.94. The van der Waals surface area contributed by atoms with Crippen molar-refractivity contribution in [3.05, 3.63) is 97.1 Å². The number of rotatable bonds is 7. The standard InChI is InChI=1S/C21H19O4P/c1-17(2)18-13-15-21(16-14-18)25-26(22,23-19-9-5-3-6-10-19)24-20-11-7-4-8-12-20/h3-16H,1H2,2H3. The van der Waals surface area contributed by atoms with Gasteiger partial charge < -0.3 is 13.6 Å². The van der Waals surface area contributed by atoms with Crippen LogP contribution in [0.4, 0.5) is 0 Å². The average molecular weight is 366 g/mol. The van der Waals surface area contributed by atoms with E-state index in [4.69, 9.17) is 13.6 Å². The molecule has 5 heteroatoms. The quantitative estimate of drug-likeness (QED) is 0.456. The molecule has 4 nitrogen and oxygen atoms in total. The van der Waals surface area contributed by atoms with Gasteiger partial charge in [-0.05, 0) is 48.9 Å². The molecule has 3 rings (SSSR count). The average Bonchev–Trinajstić information content (AvgIpc) is 2.63. The van der Waals surface area contributed by atoms with E-state index < -0.39 is 7.82 Å². The summed E-state index contributed by atoms with van der Waals surface area (Å²) >= 11 is 0. The maximum absolute atomic E-state index is 13.3. The zero-order chi connectivity index (χ0) is 18.4. The van der Waals surface area contributed by atoms with Crippen molar-refractivity contribution in [2.75, 3.05) is 0 Å². The van der Waals surface area contributed by atoms with Gasteiger partial charge in [-0.15, -0.1) is 0 Å². The molecule has 0 bridgehead atoms. The summed E-state index contributed by atoms with van der Waals surface area (Å²) in [4.78, 5) is 0. The Kier molecular flexibility index (Phi) is 5.45. The third kappa shape index (κ3) is 4.78. The lowest BCUT2D eigenvalue weighted by molar-refractivity contribution is 0.298. The van der Waals surface area contributed by atoms with E-state index in [1.165, 1.54) is 0 Å². The lowest BCUT2D eigenvalue weighted by Crippen LogP contribution is -2.07. The SMILES string of the molecule is C=C(C)c1ccc(OP(=O)(Oc2ccccc2)Oc2ccccc2)cc1. The molecule has 0 saturated heterocycles. The van der Waals surface area contributed by atoms with Crippen LogP contribution in [0.25, 0.3) is 5.57 Å². The van der Waals surface area contributed by atoms with E-state index in [1.54, 1.807) is 60.7 Å². The van der Waals surface area contributed by atoms with Gasteiger partial charge in [-0.2, -0.15) is 4.57 Å². The van der Waals surface area contributed by atoms with Crippen LogP contribution in [0.3, 0.4) is 0 Å². The van der Waals surface area contributed by atoms with Crippen molar-refractivity contribution < 1.29 is 18.1 Å². The number of benzene rings is 3. The van der Waals surface area contributed by atoms with Gasteiger partial charge in [0.2, 0.25) is 0 Å². The van der Waals surface area contributed by atoms with Gasteiger partial charge in [0, 0.05) is 0 Å². The van der Waals surface area contributed by atoms with Gasteiger partial charge in [-0.1, -0.05) is 60.7 Å². The monoisotopic (exact) mass is 366 g/mol. The second-order valence-corrected chi connectivity index (χ2v) is 7.09. The molecule has 0 atom stereocenters. The number of hydrogen-bond acceptors (Lipinski definition) is 4. The number of phosphoric ester groups is 1. The lowest BCUT2D eigenvalue weighted by atomic mass is 10.1. The summed E-state index contributed by atoms with van der Waals surface area (Å²) in [7, 11) is -3.95. The summed E-state index contributed by atoms with van der Waals surface area (Å²) in [5.41, 5.74) is 1.90. The first-order chi connectivity index (χ1) is 12.5. The molecule has 0 N–H and O–H groups in total. The predicted octanol–water partition coefficient (Wildman–Crippen LogP) is 6.36. The Hall–Kier alpha value is -2.97. The van der Waals surface area contributed by atoms with Gasteiger partial charge in [0.05, 0.1) is 0 Å². The molecule has 132 valence electrons. The Bertz CT molecular complexity index is 860. The Morgan fingerprint density at radius 2 is 1.08 bits per heavy atom. The molecular formula is C21H19O4P. The van der Waals surface area contributed by atoms with E-state index in [9.17, 15) is 4.57 Å². The fourth-order valence-corrected chi connectivity index (χ4v) is 3.46. The van der Waals surface area contributed by atoms with E-state index in [0.717, 1.165) is 11.1 Å². The van der Waals surface area contributed by atoms with Crippen molar-refractivity contribution in [2.24, 2.45) is 0 Å². The molecule has 3 aromatic carbocycles. The van der Waals surface area contributed by atoms with Crippen LogP contribution in [-0.2, 0) is 4.57 Å². The summed E-state index contributed by atoms with van der Waals surface area (Å²) in [6.07, 6.45) is 0. The molecule has 0 unspecified atom stereocenters. The van der Waals surface area contributed by atoms with Crippen LogP contribution < -0.4 is 13.6 Å². The first-order valence-electron chi connectivity index (χ1n) is 8.09. The molecule has 0 amide bonds. The van der Waals surface area contributed by atoms with Crippen molar-refractivity contribution >= 4 is 13.4 Å². The number of allylic oxidation sites excluding steroid dienone is 1. The van der Waals surface area contributed by atoms with Crippen LogP contribution in [0, 0.1) is 0 Å². The molecule has 0 spiro atoms. The van der Waals surface area contributed by atoms with Gasteiger partial charge >= 0.3 is 7.82 Å². The fraction of sp³-hybridized carbons (Fsp3) is 0.0476. The molecule has 0 aliphatic rings. The minimum atomic E-state index is -3.95. The Balaban J connectivity index is 1.86. The summed E-state index contributed by atoms with van der Waals surface area (Å²) in [5, 5.41) is 0. The predicted molar refractivity (Wildman–Crippen MR) is 104 cm³/mol. The zero-order valence-electron chi connectivity index (χ0n) is 14.4. The van der Waals surface area contributed by atoms with Crippen molar-refractivity contribution in [1.82, 2.24) is 0 Å². The smallest absolute Gasteiger partial charge is 0.386 e. The molecule has 26 heavy (non-hydrogen) atoms. The molecule has 0 saturated carbocycles. The van der Waals surface area contributed by atoms with E-state index in [1.807, 2.05) is 31.2 Å². The van der Waals surface area contributed by atoms with Crippen molar-refractivity contribution in [3.63, 3.8) is 0 Å². The molecular weight excluding hydrogens is 347 g/mol. The Labute approximate surface area is 153 Å². The van der Waals surface area contributed by atoms with E-state index in [0.29, 0.717) is 17.2 Å². The van der Waals surface area contributed by atoms with Crippen LogP contribution >= 0.6 is 7.82 Å².